The topological polar surface area (TPSA) is 57.7 Å². The van der Waals surface area contributed by atoms with Gasteiger partial charge < -0.3 is 0 Å². The Morgan fingerprint density at radius 3 is 1.81 bits per heavy atom. The highest BCUT2D eigenvalue weighted by Crippen LogP contribution is 2.33. The third kappa shape index (κ3) is 3.99. The number of para-hydroxylation sites is 2. The quantitative estimate of drug-likeness (QED) is 0.428. The van der Waals surface area contributed by atoms with E-state index in [9.17, 15) is 14.4 Å². The fourth-order valence-electron chi connectivity index (χ4n) is 3.92. The molecule has 31 heavy (non-hydrogen) atoms. The number of Topliss-reactive ketones (excluding diaryl/α,β-unsaturated/α-hetero) is 1. The molecule has 3 aromatic carbocycles. The van der Waals surface area contributed by atoms with Crippen LogP contribution in [0.5, 0.6) is 0 Å². The van der Waals surface area contributed by atoms with Gasteiger partial charge in [0.05, 0.1) is 11.4 Å². The van der Waals surface area contributed by atoms with Gasteiger partial charge in [0.2, 0.25) is 0 Å². The molecule has 0 saturated carbocycles. The van der Waals surface area contributed by atoms with Crippen LogP contribution >= 0.6 is 0 Å². The standard InChI is InChI=1S/C26H24N2O3/c1-18-13-14-19(2)23(17-18)24(29)16-15-22-25(30)27(20-9-5-3-6-10-20)28(26(22)31)21-11-7-4-8-12-21/h3-14,17,22H,15-16H2,1-2H3. The maximum Gasteiger partial charge on any atom is 0.258 e. The first kappa shape index (κ1) is 20.5. The third-order valence-electron chi connectivity index (χ3n) is 5.57. The number of rotatable bonds is 6. The molecule has 1 saturated heterocycles. The number of ketones is 1. The predicted molar refractivity (Wildman–Crippen MR) is 121 cm³/mol. The van der Waals surface area contributed by atoms with Crippen LogP contribution in [0.1, 0.15) is 34.3 Å². The molecule has 0 aromatic heterocycles. The molecule has 1 heterocycles. The van der Waals surface area contributed by atoms with Gasteiger partial charge in [0.1, 0.15) is 5.92 Å². The summed E-state index contributed by atoms with van der Waals surface area (Å²) in [6, 6.07) is 24.0. The van der Waals surface area contributed by atoms with Crippen LogP contribution in [0.25, 0.3) is 0 Å². The van der Waals surface area contributed by atoms with Gasteiger partial charge in [-0.15, -0.1) is 0 Å². The van der Waals surface area contributed by atoms with Gasteiger partial charge in [-0.1, -0.05) is 54.1 Å². The van der Waals surface area contributed by atoms with Gasteiger partial charge in [0, 0.05) is 12.0 Å². The Balaban J connectivity index is 1.61. The molecule has 1 fully saturated rings. The number of nitrogens with zero attached hydrogens (tertiary/aromatic N) is 2. The second kappa shape index (κ2) is 8.56. The lowest BCUT2D eigenvalue weighted by Gasteiger charge is -2.27. The number of benzene rings is 3. The van der Waals surface area contributed by atoms with Crippen molar-refractivity contribution in [1.29, 1.82) is 0 Å². The van der Waals surface area contributed by atoms with E-state index in [1.807, 2.05) is 68.4 Å². The van der Waals surface area contributed by atoms with Gasteiger partial charge in [-0.25, -0.2) is 10.0 Å². The molecular formula is C26H24N2O3. The summed E-state index contributed by atoms with van der Waals surface area (Å²) in [6.45, 7) is 3.84. The van der Waals surface area contributed by atoms with E-state index >= 15 is 0 Å². The Labute approximate surface area is 181 Å². The number of carbonyl (C=O) groups is 3. The molecular weight excluding hydrogens is 388 g/mol. The summed E-state index contributed by atoms with van der Waals surface area (Å²) in [5, 5.41) is 2.84. The van der Waals surface area contributed by atoms with Crippen LogP contribution < -0.4 is 10.0 Å². The molecule has 0 bridgehead atoms. The highest BCUT2D eigenvalue weighted by Gasteiger charge is 2.46. The van der Waals surface area contributed by atoms with E-state index in [0.717, 1.165) is 11.1 Å². The second-order valence-electron chi connectivity index (χ2n) is 7.80. The van der Waals surface area contributed by atoms with Crippen LogP contribution in [0.2, 0.25) is 0 Å². The van der Waals surface area contributed by atoms with Crippen molar-refractivity contribution in [3.8, 4) is 0 Å². The van der Waals surface area contributed by atoms with Crippen molar-refractivity contribution >= 4 is 29.0 Å². The maximum absolute atomic E-state index is 13.3. The Hall–Kier alpha value is -3.73. The third-order valence-corrected chi connectivity index (χ3v) is 5.57. The number of hydrogen-bond donors (Lipinski definition) is 0. The number of carbonyl (C=O) groups excluding carboxylic acids is 3. The Morgan fingerprint density at radius 2 is 1.29 bits per heavy atom. The average molecular weight is 412 g/mol. The van der Waals surface area contributed by atoms with Gasteiger partial charge in [0.25, 0.3) is 11.8 Å². The minimum Gasteiger partial charge on any atom is -0.294 e. The predicted octanol–water partition coefficient (Wildman–Crippen LogP) is 4.88. The van der Waals surface area contributed by atoms with Gasteiger partial charge in [-0.2, -0.15) is 0 Å². The van der Waals surface area contributed by atoms with E-state index in [2.05, 4.69) is 0 Å². The molecule has 3 aromatic rings. The molecule has 0 unspecified atom stereocenters. The molecule has 5 nitrogen and oxygen atoms in total. The average Bonchev–Trinajstić information content (AvgIpc) is 3.04. The van der Waals surface area contributed by atoms with E-state index in [1.54, 1.807) is 24.3 Å². The number of amides is 2. The minimum absolute atomic E-state index is 0.0498. The van der Waals surface area contributed by atoms with E-state index in [0.29, 0.717) is 16.9 Å². The highest BCUT2D eigenvalue weighted by atomic mass is 16.2. The van der Waals surface area contributed by atoms with Crippen molar-refractivity contribution < 1.29 is 14.4 Å². The number of hydrazine groups is 1. The van der Waals surface area contributed by atoms with Crippen molar-refractivity contribution in [2.75, 3.05) is 10.0 Å². The first-order valence-electron chi connectivity index (χ1n) is 10.4. The molecule has 0 atom stereocenters. The summed E-state index contributed by atoms with van der Waals surface area (Å²) in [7, 11) is 0. The van der Waals surface area contributed by atoms with Crippen LogP contribution in [0.15, 0.2) is 78.9 Å². The number of anilines is 2. The lowest BCUT2D eigenvalue weighted by molar-refractivity contribution is -0.127. The van der Waals surface area contributed by atoms with Crippen LogP contribution in [0.4, 0.5) is 11.4 Å². The lowest BCUT2D eigenvalue weighted by Crippen LogP contribution is -2.41. The zero-order chi connectivity index (χ0) is 22.0. The first-order valence-corrected chi connectivity index (χ1v) is 10.4. The van der Waals surface area contributed by atoms with Crippen molar-refractivity contribution in [1.82, 2.24) is 0 Å². The summed E-state index contributed by atoms with van der Waals surface area (Å²) in [5.74, 6) is -1.57. The van der Waals surface area contributed by atoms with Crippen LogP contribution in [-0.2, 0) is 9.59 Å². The van der Waals surface area contributed by atoms with Crippen LogP contribution in [0.3, 0.4) is 0 Å². The number of aryl methyl sites for hydroxylation is 2. The van der Waals surface area contributed by atoms with Crippen LogP contribution in [-0.4, -0.2) is 17.6 Å². The molecule has 1 aliphatic rings. The smallest absolute Gasteiger partial charge is 0.258 e. The van der Waals surface area contributed by atoms with Crippen LogP contribution in [0, 0.1) is 19.8 Å². The molecule has 0 N–H and O–H groups in total. The van der Waals surface area contributed by atoms with Gasteiger partial charge in [-0.05, 0) is 56.2 Å². The summed E-state index contributed by atoms with van der Waals surface area (Å²) < 4.78 is 0. The Kier molecular flexibility index (Phi) is 5.67. The van der Waals surface area contributed by atoms with Crippen molar-refractivity contribution in [2.45, 2.75) is 26.7 Å². The van der Waals surface area contributed by atoms with Gasteiger partial charge in [-0.3, -0.25) is 14.4 Å². The van der Waals surface area contributed by atoms with E-state index < -0.39 is 5.92 Å². The summed E-state index contributed by atoms with van der Waals surface area (Å²) in [5.41, 5.74) is 3.79. The fourth-order valence-corrected chi connectivity index (χ4v) is 3.92. The van der Waals surface area contributed by atoms with E-state index in [1.165, 1.54) is 10.0 Å². The van der Waals surface area contributed by atoms with Crippen molar-refractivity contribution in [3.05, 3.63) is 95.6 Å². The molecule has 5 heteroatoms. The Morgan fingerprint density at radius 1 is 0.774 bits per heavy atom. The molecule has 0 spiro atoms. The molecule has 1 aliphatic heterocycles. The maximum atomic E-state index is 13.3. The molecule has 0 aliphatic carbocycles. The highest BCUT2D eigenvalue weighted by molar-refractivity contribution is 6.23. The minimum atomic E-state index is -0.894. The van der Waals surface area contributed by atoms with E-state index in [-0.39, 0.29) is 30.4 Å². The fraction of sp³-hybridized carbons (Fsp3) is 0.192. The monoisotopic (exact) mass is 412 g/mol. The first-order chi connectivity index (χ1) is 15.0. The second-order valence-corrected chi connectivity index (χ2v) is 7.80. The van der Waals surface area contributed by atoms with E-state index in [4.69, 9.17) is 0 Å². The van der Waals surface area contributed by atoms with Crippen molar-refractivity contribution in [2.24, 2.45) is 5.92 Å². The van der Waals surface area contributed by atoms with Gasteiger partial charge >= 0.3 is 0 Å². The molecule has 2 amide bonds. The van der Waals surface area contributed by atoms with Crippen molar-refractivity contribution in [3.63, 3.8) is 0 Å². The summed E-state index contributed by atoms with van der Waals surface area (Å²) in [6.07, 6.45) is 0.314. The summed E-state index contributed by atoms with van der Waals surface area (Å²) >= 11 is 0. The SMILES string of the molecule is Cc1ccc(C)c(C(=O)CCC2C(=O)N(c3ccccc3)N(c3ccccc3)C2=O)c1. The van der Waals surface area contributed by atoms with Gasteiger partial charge in [0.15, 0.2) is 5.78 Å². The summed E-state index contributed by atoms with van der Waals surface area (Å²) in [4.78, 5) is 39.5. The zero-order valence-corrected chi connectivity index (χ0v) is 17.6. The Bertz CT molecular complexity index is 1070. The molecule has 4 rings (SSSR count). The lowest BCUT2D eigenvalue weighted by atomic mass is 9.95. The molecule has 156 valence electrons. The largest absolute Gasteiger partial charge is 0.294 e. The zero-order valence-electron chi connectivity index (χ0n) is 17.6. The molecule has 0 radical (unpaired) electrons. The normalized spacial score (nSPS) is 14.4. The number of hydrogen-bond acceptors (Lipinski definition) is 3.